The molecule has 0 bridgehead atoms. The topological polar surface area (TPSA) is 46.0 Å². The molecule has 1 unspecified atom stereocenters. The molecule has 0 aromatic carbocycles. The second-order valence-electron chi connectivity index (χ2n) is 4.37. The molecule has 1 aromatic heterocycles. The lowest BCUT2D eigenvalue weighted by molar-refractivity contribution is 0.162. The Hall–Kier alpha value is -0.960. The molecular weight excluding hydrogens is 188 g/mol. The van der Waals surface area contributed by atoms with Crippen molar-refractivity contribution >= 4 is 0 Å². The first-order valence-corrected chi connectivity index (χ1v) is 5.63. The third kappa shape index (κ3) is 4.88. The third-order valence-electron chi connectivity index (χ3n) is 2.47. The molecule has 0 fully saturated rings. The van der Waals surface area contributed by atoms with Gasteiger partial charge in [0.1, 0.15) is 6.33 Å². The summed E-state index contributed by atoms with van der Waals surface area (Å²) in [6, 6.07) is 0. The minimum atomic E-state index is -0.404. The highest BCUT2D eigenvalue weighted by molar-refractivity contribution is 5.05. The van der Waals surface area contributed by atoms with E-state index in [-0.39, 0.29) is 0 Å². The van der Waals surface area contributed by atoms with Crippen LogP contribution in [0.15, 0.2) is 18.7 Å². The lowest BCUT2D eigenvalue weighted by Crippen LogP contribution is -1.99. The fourth-order valence-electron chi connectivity index (χ4n) is 1.54. The van der Waals surface area contributed by atoms with Crippen molar-refractivity contribution in [2.75, 3.05) is 0 Å². The van der Waals surface area contributed by atoms with E-state index >= 15 is 0 Å². The quantitative estimate of drug-likeness (QED) is 0.731. The predicted molar refractivity (Wildman–Crippen MR) is 60.3 cm³/mol. The third-order valence-corrected chi connectivity index (χ3v) is 2.47. The molecule has 1 rings (SSSR count). The summed E-state index contributed by atoms with van der Waals surface area (Å²) < 4.78 is 0. The Morgan fingerprint density at radius 1 is 1.13 bits per heavy atom. The molecule has 0 amide bonds. The Bertz CT molecular complexity index is 262. The summed E-state index contributed by atoms with van der Waals surface area (Å²) >= 11 is 0. The van der Waals surface area contributed by atoms with Crippen molar-refractivity contribution in [3.63, 3.8) is 0 Å². The van der Waals surface area contributed by atoms with Crippen LogP contribution >= 0.6 is 0 Å². The molecule has 1 N–H and O–H groups in total. The lowest BCUT2D eigenvalue weighted by Gasteiger charge is -2.10. The second kappa shape index (κ2) is 6.51. The lowest BCUT2D eigenvalue weighted by atomic mass is 10.0. The summed E-state index contributed by atoms with van der Waals surface area (Å²) in [5.74, 6) is 0.752. The number of nitrogens with zero attached hydrogens (tertiary/aromatic N) is 2. The Morgan fingerprint density at radius 3 is 2.33 bits per heavy atom. The molecule has 0 aliphatic heterocycles. The maximum absolute atomic E-state index is 9.81. The largest absolute Gasteiger partial charge is 0.388 e. The van der Waals surface area contributed by atoms with Crippen molar-refractivity contribution in [3.05, 3.63) is 24.3 Å². The molecule has 0 radical (unpaired) electrons. The van der Waals surface area contributed by atoms with Crippen LogP contribution in [0, 0.1) is 5.92 Å². The van der Waals surface area contributed by atoms with E-state index in [0.717, 1.165) is 24.3 Å². The van der Waals surface area contributed by atoms with Crippen LogP contribution in [0.2, 0.25) is 0 Å². The standard InChI is InChI=1S/C12H20N2O/c1-10(2)5-3-4-6-12(15)11-7-13-9-14-8-11/h7-10,12,15H,3-6H2,1-2H3. The molecule has 84 valence electrons. The van der Waals surface area contributed by atoms with Gasteiger partial charge in [0.15, 0.2) is 0 Å². The molecular formula is C12H20N2O. The number of unbranched alkanes of at least 4 members (excludes halogenated alkanes) is 1. The Morgan fingerprint density at radius 2 is 1.73 bits per heavy atom. The molecule has 15 heavy (non-hydrogen) atoms. The highest BCUT2D eigenvalue weighted by Crippen LogP contribution is 2.18. The molecule has 0 spiro atoms. The average Bonchev–Trinajstić information content (AvgIpc) is 2.25. The van der Waals surface area contributed by atoms with Gasteiger partial charge in [0.05, 0.1) is 6.10 Å². The van der Waals surface area contributed by atoms with Crippen LogP contribution in [0.1, 0.15) is 51.2 Å². The monoisotopic (exact) mass is 208 g/mol. The first kappa shape index (κ1) is 12.1. The average molecular weight is 208 g/mol. The van der Waals surface area contributed by atoms with E-state index in [2.05, 4.69) is 23.8 Å². The fourth-order valence-corrected chi connectivity index (χ4v) is 1.54. The molecule has 3 nitrogen and oxygen atoms in total. The molecule has 3 heteroatoms. The van der Waals surface area contributed by atoms with Gasteiger partial charge in [-0.05, 0) is 12.3 Å². The van der Waals surface area contributed by atoms with E-state index in [4.69, 9.17) is 0 Å². The zero-order valence-corrected chi connectivity index (χ0v) is 9.56. The molecule has 0 saturated carbocycles. The van der Waals surface area contributed by atoms with Gasteiger partial charge in [-0.1, -0.05) is 33.1 Å². The van der Waals surface area contributed by atoms with E-state index in [9.17, 15) is 5.11 Å². The highest BCUT2D eigenvalue weighted by Gasteiger charge is 2.07. The Labute approximate surface area is 91.6 Å². The van der Waals surface area contributed by atoms with E-state index in [1.807, 2.05) is 0 Å². The summed E-state index contributed by atoms with van der Waals surface area (Å²) in [4.78, 5) is 7.78. The van der Waals surface area contributed by atoms with Crippen molar-refractivity contribution in [2.45, 2.75) is 45.6 Å². The normalized spacial score (nSPS) is 13.1. The van der Waals surface area contributed by atoms with Crippen LogP contribution in [0.4, 0.5) is 0 Å². The van der Waals surface area contributed by atoms with Gasteiger partial charge in [0.2, 0.25) is 0 Å². The van der Waals surface area contributed by atoms with Crippen LogP contribution in [0.25, 0.3) is 0 Å². The summed E-state index contributed by atoms with van der Waals surface area (Å²) in [7, 11) is 0. The SMILES string of the molecule is CC(C)CCCCC(O)c1cncnc1. The Kier molecular flexibility index (Phi) is 5.26. The van der Waals surface area contributed by atoms with E-state index in [1.165, 1.54) is 19.2 Å². The fraction of sp³-hybridized carbons (Fsp3) is 0.667. The van der Waals surface area contributed by atoms with Crippen LogP contribution < -0.4 is 0 Å². The summed E-state index contributed by atoms with van der Waals surface area (Å²) in [6.45, 7) is 4.45. The number of aromatic nitrogens is 2. The van der Waals surface area contributed by atoms with Gasteiger partial charge in [-0.3, -0.25) is 0 Å². The van der Waals surface area contributed by atoms with Gasteiger partial charge in [0, 0.05) is 18.0 Å². The van der Waals surface area contributed by atoms with Gasteiger partial charge in [-0.15, -0.1) is 0 Å². The molecule has 0 aliphatic rings. The molecule has 1 aromatic rings. The molecule has 0 saturated heterocycles. The van der Waals surface area contributed by atoms with Crippen LogP contribution in [-0.2, 0) is 0 Å². The maximum Gasteiger partial charge on any atom is 0.115 e. The first-order valence-electron chi connectivity index (χ1n) is 5.63. The first-order chi connectivity index (χ1) is 7.20. The van der Waals surface area contributed by atoms with Gasteiger partial charge < -0.3 is 5.11 Å². The summed E-state index contributed by atoms with van der Waals surface area (Å²) in [5, 5.41) is 9.81. The van der Waals surface area contributed by atoms with Gasteiger partial charge in [0.25, 0.3) is 0 Å². The number of hydrogen-bond donors (Lipinski definition) is 1. The highest BCUT2D eigenvalue weighted by atomic mass is 16.3. The minimum Gasteiger partial charge on any atom is -0.388 e. The van der Waals surface area contributed by atoms with Crippen LogP contribution in [0.3, 0.4) is 0 Å². The smallest absolute Gasteiger partial charge is 0.115 e. The van der Waals surface area contributed by atoms with Gasteiger partial charge in [-0.2, -0.15) is 0 Å². The Balaban J connectivity index is 2.22. The molecule has 1 atom stereocenters. The zero-order valence-electron chi connectivity index (χ0n) is 9.56. The van der Waals surface area contributed by atoms with E-state index < -0.39 is 6.10 Å². The number of aliphatic hydroxyl groups excluding tert-OH is 1. The van der Waals surface area contributed by atoms with Gasteiger partial charge >= 0.3 is 0 Å². The van der Waals surface area contributed by atoms with E-state index in [1.54, 1.807) is 12.4 Å². The van der Waals surface area contributed by atoms with E-state index in [0.29, 0.717) is 0 Å². The second-order valence-corrected chi connectivity index (χ2v) is 4.37. The number of rotatable bonds is 6. The number of aliphatic hydroxyl groups is 1. The van der Waals surface area contributed by atoms with Crippen molar-refractivity contribution in [1.82, 2.24) is 9.97 Å². The molecule has 0 aliphatic carbocycles. The molecule has 1 heterocycles. The van der Waals surface area contributed by atoms with Crippen molar-refractivity contribution < 1.29 is 5.11 Å². The summed E-state index contributed by atoms with van der Waals surface area (Å²) in [6.07, 6.45) is 8.72. The maximum atomic E-state index is 9.81. The van der Waals surface area contributed by atoms with Crippen LogP contribution in [-0.4, -0.2) is 15.1 Å². The van der Waals surface area contributed by atoms with Crippen molar-refractivity contribution in [2.24, 2.45) is 5.92 Å². The van der Waals surface area contributed by atoms with Crippen LogP contribution in [0.5, 0.6) is 0 Å². The summed E-state index contributed by atoms with van der Waals surface area (Å²) in [5.41, 5.74) is 0.821. The van der Waals surface area contributed by atoms with Gasteiger partial charge in [-0.25, -0.2) is 9.97 Å². The van der Waals surface area contributed by atoms with Crippen molar-refractivity contribution in [1.29, 1.82) is 0 Å². The zero-order chi connectivity index (χ0) is 11.1. The predicted octanol–water partition coefficient (Wildman–Crippen LogP) is 2.73. The minimum absolute atomic E-state index is 0.404. The van der Waals surface area contributed by atoms with Crippen molar-refractivity contribution in [3.8, 4) is 0 Å². The number of hydrogen-bond acceptors (Lipinski definition) is 3.